The van der Waals surface area contributed by atoms with Crippen molar-refractivity contribution in [2.75, 3.05) is 18.4 Å². The van der Waals surface area contributed by atoms with Crippen LogP contribution in [0, 0.1) is 6.92 Å². The van der Waals surface area contributed by atoms with E-state index in [1.165, 1.54) is 12.8 Å². The molecule has 1 unspecified atom stereocenters. The largest absolute Gasteiger partial charge is 0.369 e. The summed E-state index contributed by atoms with van der Waals surface area (Å²) in [6.07, 6.45) is 3.51. The number of carbonyl (C=O) groups excluding carboxylic acids is 1. The molecule has 98 valence electrons. The van der Waals surface area contributed by atoms with Crippen molar-refractivity contribution in [1.82, 2.24) is 10.3 Å². The van der Waals surface area contributed by atoms with Crippen molar-refractivity contribution in [3.63, 3.8) is 0 Å². The lowest BCUT2D eigenvalue weighted by Crippen LogP contribution is -2.25. The van der Waals surface area contributed by atoms with Crippen LogP contribution in [-0.4, -0.2) is 30.0 Å². The minimum absolute atomic E-state index is 0.441. The van der Waals surface area contributed by atoms with Crippen LogP contribution < -0.4 is 16.4 Å². The summed E-state index contributed by atoms with van der Waals surface area (Å²) in [6, 6.07) is 4.10. The number of pyridine rings is 1. The topological polar surface area (TPSA) is 80.0 Å². The van der Waals surface area contributed by atoms with Crippen molar-refractivity contribution >= 4 is 11.7 Å². The van der Waals surface area contributed by atoms with Crippen LogP contribution in [-0.2, 0) is 0 Å². The number of hydrogen-bond donors (Lipinski definition) is 3. The molecule has 0 radical (unpaired) electrons. The molecule has 1 saturated heterocycles. The maximum absolute atomic E-state index is 11.3. The molecular weight excluding hydrogens is 228 g/mol. The number of anilines is 1. The SMILES string of the molecule is Cc1ccc(C(N)=O)c(NCCC2CCCN2)n1. The third-order valence-electron chi connectivity index (χ3n) is 3.25. The summed E-state index contributed by atoms with van der Waals surface area (Å²) in [5.74, 6) is 0.157. The fourth-order valence-corrected chi connectivity index (χ4v) is 2.26. The molecule has 18 heavy (non-hydrogen) atoms. The van der Waals surface area contributed by atoms with E-state index in [0.717, 1.165) is 25.2 Å². The molecule has 1 atom stereocenters. The van der Waals surface area contributed by atoms with Crippen LogP contribution in [0.2, 0.25) is 0 Å². The van der Waals surface area contributed by atoms with Crippen molar-refractivity contribution in [3.8, 4) is 0 Å². The van der Waals surface area contributed by atoms with Crippen LogP contribution in [0.5, 0.6) is 0 Å². The molecule has 2 rings (SSSR count). The summed E-state index contributed by atoms with van der Waals surface area (Å²) in [6.45, 7) is 3.81. The summed E-state index contributed by atoms with van der Waals surface area (Å²) in [5.41, 5.74) is 6.66. The van der Waals surface area contributed by atoms with Crippen molar-refractivity contribution in [3.05, 3.63) is 23.4 Å². The number of aromatic nitrogens is 1. The molecule has 2 heterocycles. The van der Waals surface area contributed by atoms with Crippen LogP contribution in [0.3, 0.4) is 0 Å². The summed E-state index contributed by atoms with van der Waals surface area (Å²) in [5, 5.41) is 6.65. The van der Waals surface area contributed by atoms with Crippen LogP contribution in [0.15, 0.2) is 12.1 Å². The van der Waals surface area contributed by atoms with Gasteiger partial charge in [-0.25, -0.2) is 4.98 Å². The fourth-order valence-electron chi connectivity index (χ4n) is 2.26. The monoisotopic (exact) mass is 248 g/mol. The first kappa shape index (κ1) is 12.8. The second-order valence-electron chi connectivity index (χ2n) is 4.72. The van der Waals surface area contributed by atoms with Gasteiger partial charge >= 0.3 is 0 Å². The lowest BCUT2D eigenvalue weighted by Gasteiger charge is -2.13. The van der Waals surface area contributed by atoms with E-state index in [0.29, 0.717) is 17.4 Å². The Morgan fingerprint density at radius 3 is 3.11 bits per heavy atom. The van der Waals surface area contributed by atoms with Gasteiger partial charge in [-0.15, -0.1) is 0 Å². The van der Waals surface area contributed by atoms with Crippen LogP contribution >= 0.6 is 0 Å². The van der Waals surface area contributed by atoms with Gasteiger partial charge in [0.1, 0.15) is 5.82 Å². The highest BCUT2D eigenvalue weighted by Crippen LogP contribution is 2.14. The van der Waals surface area contributed by atoms with E-state index in [-0.39, 0.29) is 0 Å². The van der Waals surface area contributed by atoms with Gasteiger partial charge in [0.25, 0.3) is 5.91 Å². The predicted molar refractivity (Wildman–Crippen MR) is 71.6 cm³/mol. The minimum Gasteiger partial charge on any atom is -0.369 e. The van der Waals surface area contributed by atoms with Gasteiger partial charge in [-0.3, -0.25) is 4.79 Å². The zero-order valence-electron chi connectivity index (χ0n) is 10.7. The molecule has 1 fully saturated rings. The first-order chi connectivity index (χ1) is 8.66. The Balaban J connectivity index is 1.94. The second kappa shape index (κ2) is 5.82. The standard InChI is InChI=1S/C13H20N4O/c1-9-4-5-11(12(14)18)13(17-9)16-8-6-10-3-2-7-15-10/h4-5,10,15H,2-3,6-8H2,1H3,(H2,14,18)(H,16,17). The first-order valence-corrected chi connectivity index (χ1v) is 6.41. The third-order valence-corrected chi connectivity index (χ3v) is 3.25. The van der Waals surface area contributed by atoms with Gasteiger partial charge in [-0.2, -0.15) is 0 Å². The Hall–Kier alpha value is -1.62. The molecule has 1 aromatic heterocycles. The van der Waals surface area contributed by atoms with Crippen LogP contribution in [0.4, 0.5) is 5.82 Å². The smallest absolute Gasteiger partial charge is 0.252 e. The number of rotatable bonds is 5. The Labute approximate surface area is 107 Å². The van der Waals surface area contributed by atoms with Gasteiger partial charge in [0.05, 0.1) is 5.56 Å². The zero-order chi connectivity index (χ0) is 13.0. The van der Waals surface area contributed by atoms with E-state index in [4.69, 9.17) is 5.73 Å². The van der Waals surface area contributed by atoms with Crippen molar-refractivity contribution < 1.29 is 4.79 Å². The number of carbonyl (C=O) groups is 1. The highest BCUT2D eigenvalue weighted by Gasteiger charge is 2.14. The van der Waals surface area contributed by atoms with Gasteiger partial charge in [0, 0.05) is 18.3 Å². The molecule has 1 aromatic rings. The van der Waals surface area contributed by atoms with Gasteiger partial charge in [0.15, 0.2) is 0 Å². The quantitative estimate of drug-likeness (QED) is 0.727. The predicted octanol–water partition coefficient (Wildman–Crippen LogP) is 1.04. The molecule has 1 aliphatic heterocycles. The fraction of sp³-hybridized carbons (Fsp3) is 0.538. The summed E-state index contributed by atoms with van der Waals surface area (Å²) in [7, 11) is 0. The summed E-state index contributed by atoms with van der Waals surface area (Å²) < 4.78 is 0. The van der Waals surface area contributed by atoms with Crippen molar-refractivity contribution in [1.29, 1.82) is 0 Å². The van der Waals surface area contributed by atoms with Crippen LogP contribution in [0.25, 0.3) is 0 Å². The molecule has 0 aromatic carbocycles. The van der Waals surface area contributed by atoms with Gasteiger partial charge in [0.2, 0.25) is 0 Å². The van der Waals surface area contributed by atoms with E-state index < -0.39 is 5.91 Å². The normalized spacial score (nSPS) is 18.8. The van der Waals surface area contributed by atoms with Gasteiger partial charge < -0.3 is 16.4 Å². The summed E-state index contributed by atoms with van der Waals surface area (Å²) in [4.78, 5) is 15.6. The molecule has 0 spiro atoms. The molecule has 0 aliphatic carbocycles. The van der Waals surface area contributed by atoms with E-state index in [1.54, 1.807) is 12.1 Å². The molecule has 0 bridgehead atoms. The average Bonchev–Trinajstić information content (AvgIpc) is 2.82. The molecule has 4 N–H and O–H groups in total. The Morgan fingerprint density at radius 2 is 2.44 bits per heavy atom. The number of nitrogens with zero attached hydrogens (tertiary/aromatic N) is 1. The lowest BCUT2D eigenvalue weighted by atomic mass is 10.1. The van der Waals surface area contributed by atoms with Crippen LogP contribution in [0.1, 0.15) is 35.3 Å². The highest BCUT2D eigenvalue weighted by molar-refractivity contribution is 5.97. The van der Waals surface area contributed by atoms with Gasteiger partial charge in [-0.05, 0) is 44.9 Å². The number of amides is 1. The average molecular weight is 248 g/mol. The van der Waals surface area contributed by atoms with E-state index in [9.17, 15) is 4.79 Å². The number of hydrogen-bond acceptors (Lipinski definition) is 4. The maximum Gasteiger partial charge on any atom is 0.252 e. The number of nitrogens with two attached hydrogens (primary N) is 1. The number of primary amides is 1. The molecule has 0 saturated carbocycles. The van der Waals surface area contributed by atoms with E-state index in [2.05, 4.69) is 15.6 Å². The number of nitrogens with one attached hydrogen (secondary N) is 2. The molecule has 1 amide bonds. The minimum atomic E-state index is -0.441. The molecule has 5 heteroatoms. The zero-order valence-corrected chi connectivity index (χ0v) is 10.7. The van der Waals surface area contributed by atoms with Crippen molar-refractivity contribution in [2.24, 2.45) is 5.73 Å². The Kier molecular flexibility index (Phi) is 4.15. The second-order valence-corrected chi connectivity index (χ2v) is 4.72. The molecule has 5 nitrogen and oxygen atoms in total. The van der Waals surface area contributed by atoms with Crippen molar-refractivity contribution in [2.45, 2.75) is 32.2 Å². The first-order valence-electron chi connectivity index (χ1n) is 6.41. The third kappa shape index (κ3) is 3.20. The summed E-state index contributed by atoms with van der Waals surface area (Å²) >= 11 is 0. The van der Waals surface area contributed by atoms with E-state index >= 15 is 0 Å². The Bertz CT molecular complexity index is 427. The maximum atomic E-state index is 11.3. The molecular formula is C13H20N4O. The number of aryl methyl sites for hydroxylation is 1. The van der Waals surface area contributed by atoms with E-state index in [1.807, 2.05) is 6.92 Å². The Morgan fingerprint density at radius 1 is 1.61 bits per heavy atom. The highest BCUT2D eigenvalue weighted by atomic mass is 16.1. The molecule has 1 aliphatic rings. The lowest BCUT2D eigenvalue weighted by molar-refractivity contribution is 0.100. The van der Waals surface area contributed by atoms with Gasteiger partial charge in [-0.1, -0.05) is 0 Å².